The zero-order valence-corrected chi connectivity index (χ0v) is 15.1. The number of imidazole rings is 1. The molecule has 0 amide bonds. The third kappa shape index (κ3) is 2.74. The molecule has 0 spiro atoms. The maximum atomic E-state index is 4.88. The van der Waals surface area contributed by atoms with Crippen molar-refractivity contribution in [2.45, 2.75) is 25.4 Å². The molecule has 6 nitrogen and oxygen atoms in total. The zero-order valence-electron chi connectivity index (χ0n) is 15.1. The standard InChI is InChI=1S/C20H24N6/c1-24-18-5-3-2-4-17(18)23-20(24)14-25-11-15-6-7-16(25)13-26(12-15)19-10-21-8-9-22-19/h2-5,8-10,15-16H,6-7,11-14H2,1H3/t15-,16-/m1/s1. The van der Waals surface area contributed by atoms with Crippen LogP contribution in [0, 0.1) is 5.92 Å². The first-order valence-corrected chi connectivity index (χ1v) is 9.43. The van der Waals surface area contributed by atoms with Crippen LogP contribution in [0.5, 0.6) is 0 Å². The number of piperidine rings is 1. The van der Waals surface area contributed by atoms with Crippen LogP contribution in [0.1, 0.15) is 18.7 Å². The van der Waals surface area contributed by atoms with E-state index in [9.17, 15) is 0 Å². The van der Waals surface area contributed by atoms with Gasteiger partial charge < -0.3 is 9.47 Å². The van der Waals surface area contributed by atoms with Gasteiger partial charge in [-0.1, -0.05) is 12.1 Å². The highest BCUT2D eigenvalue weighted by molar-refractivity contribution is 5.75. The van der Waals surface area contributed by atoms with Crippen LogP contribution in [-0.2, 0) is 13.6 Å². The molecule has 1 aromatic carbocycles. The lowest BCUT2D eigenvalue weighted by Gasteiger charge is -2.35. The Kier molecular flexibility index (Phi) is 3.85. The molecule has 3 aliphatic heterocycles. The molecule has 0 N–H and O–H groups in total. The second kappa shape index (κ2) is 6.36. The highest BCUT2D eigenvalue weighted by Gasteiger charge is 2.35. The molecule has 0 saturated carbocycles. The molecule has 2 bridgehead atoms. The minimum atomic E-state index is 0.551. The Hall–Kier alpha value is -2.47. The third-order valence-corrected chi connectivity index (χ3v) is 5.92. The summed E-state index contributed by atoms with van der Waals surface area (Å²) < 4.78 is 2.24. The monoisotopic (exact) mass is 348 g/mol. The van der Waals surface area contributed by atoms with E-state index < -0.39 is 0 Å². The van der Waals surface area contributed by atoms with Crippen molar-refractivity contribution in [3.63, 3.8) is 0 Å². The molecule has 6 rings (SSSR count). The van der Waals surface area contributed by atoms with Crippen molar-refractivity contribution in [3.05, 3.63) is 48.7 Å². The Morgan fingerprint density at radius 2 is 2.00 bits per heavy atom. The summed E-state index contributed by atoms with van der Waals surface area (Å²) in [6.07, 6.45) is 7.99. The van der Waals surface area contributed by atoms with Crippen LogP contribution in [0.4, 0.5) is 5.82 Å². The number of hydrogen-bond acceptors (Lipinski definition) is 5. The summed E-state index contributed by atoms with van der Waals surface area (Å²) in [6, 6.07) is 8.95. The average Bonchev–Trinajstić information content (AvgIpc) is 2.83. The lowest BCUT2D eigenvalue weighted by atomic mass is 9.95. The van der Waals surface area contributed by atoms with Gasteiger partial charge in [-0.3, -0.25) is 9.88 Å². The molecule has 26 heavy (non-hydrogen) atoms. The summed E-state index contributed by atoms with van der Waals surface area (Å²) in [4.78, 5) is 18.7. The fourth-order valence-corrected chi connectivity index (χ4v) is 4.53. The van der Waals surface area contributed by atoms with Gasteiger partial charge in [-0.05, 0) is 30.9 Å². The van der Waals surface area contributed by atoms with E-state index >= 15 is 0 Å². The summed E-state index contributed by atoms with van der Waals surface area (Å²) in [6.45, 7) is 4.17. The van der Waals surface area contributed by atoms with Gasteiger partial charge >= 0.3 is 0 Å². The zero-order chi connectivity index (χ0) is 17.5. The number of para-hydroxylation sites is 2. The molecule has 2 aromatic heterocycles. The lowest BCUT2D eigenvalue weighted by molar-refractivity contribution is 0.122. The highest BCUT2D eigenvalue weighted by Crippen LogP contribution is 2.31. The van der Waals surface area contributed by atoms with E-state index in [2.05, 4.69) is 55.6 Å². The SMILES string of the molecule is Cn1c(CN2C[C@H]3CC[C@@H]2CN(c2cnccn2)C3)nc2ccccc21. The fraction of sp³-hybridized carbons (Fsp3) is 0.450. The number of aryl methyl sites for hydroxylation is 1. The van der Waals surface area contributed by atoms with Crippen molar-refractivity contribution in [1.29, 1.82) is 0 Å². The molecule has 6 heteroatoms. The van der Waals surface area contributed by atoms with Gasteiger partial charge in [0.1, 0.15) is 11.6 Å². The van der Waals surface area contributed by atoms with E-state index in [0.717, 1.165) is 43.3 Å². The van der Waals surface area contributed by atoms with Crippen LogP contribution in [-0.4, -0.2) is 50.1 Å². The van der Waals surface area contributed by atoms with E-state index in [4.69, 9.17) is 4.98 Å². The normalized spacial score (nSPS) is 23.5. The Morgan fingerprint density at radius 1 is 1.08 bits per heavy atom. The maximum absolute atomic E-state index is 4.88. The van der Waals surface area contributed by atoms with Gasteiger partial charge in [-0.2, -0.15) is 0 Å². The van der Waals surface area contributed by atoms with E-state index in [0.29, 0.717) is 12.0 Å². The van der Waals surface area contributed by atoms with E-state index in [1.54, 1.807) is 12.4 Å². The predicted molar refractivity (Wildman–Crippen MR) is 102 cm³/mol. The van der Waals surface area contributed by atoms with Crippen molar-refractivity contribution in [2.75, 3.05) is 24.5 Å². The van der Waals surface area contributed by atoms with Crippen LogP contribution in [0.2, 0.25) is 0 Å². The van der Waals surface area contributed by atoms with E-state index in [1.165, 1.54) is 18.4 Å². The Balaban J connectivity index is 1.39. The third-order valence-electron chi connectivity index (χ3n) is 5.92. The molecule has 134 valence electrons. The topological polar surface area (TPSA) is 50.1 Å². The Morgan fingerprint density at radius 3 is 2.85 bits per heavy atom. The summed E-state index contributed by atoms with van der Waals surface area (Å²) in [5.74, 6) is 2.85. The molecule has 5 heterocycles. The van der Waals surface area contributed by atoms with Gasteiger partial charge in [0.2, 0.25) is 0 Å². The first-order chi connectivity index (χ1) is 12.8. The average molecular weight is 348 g/mol. The van der Waals surface area contributed by atoms with Crippen molar-refractivity contribution in [2.24, 2.45) is 13.0 Å². The smallest absolute Gasteiger partial charge is 0.147 e. The van der Waals surface area contributed by atoms with Crippen LogP contribution in [0.25, 0.3) is 11.0 Å². The van der Waals surface area contributed by atoms with Gasteiger partial charge in [-0.15, -0.1) is 0 Å². The first kappa shape index (κ1) is 15.8. The summed E-state index contributed by atoms with van der Waals surface area (Å²) >= 11 is 0. The largest absolute Gasteiger partial charge is 0.353 e. The number of aromatic nitrogens is 4. The molecule has 3 fully saturated rings. The number of hydrogen-bond donors (Lipinski definition) is 0. The molecule has 0 radical (unpaired) electrons. The number of rotatable bonds is 3. The summed E-state index contributed by atoms with van der Waals surface area (Å²) in [5, 5.41) is 0. The molecular weight excluding hydrogens is 324 g/mol. The maximum Gasteiger partial charge on any atom is 0.147 e. The van der Waals surface area contributed by atoms with Gasteiger partial charge in [0.15, 0.2) is 0 Å². The van der Waals surface area contributed by atoms with Crippen molar-refractivity contribution in [1.82, 2.24) is 24.4 Å². The molecule has 0 aliphatic carbocycles. The van der Waals surface area contributed by atoms with E-state index in [1.807, 2.05) is 6.20 Å². The van der Waals surface area contributed by atoms with Crippen LogP contribution in [0.15, 0.2) is 42.9 Å². The molecular formula is C20H24N6. The molecule has 3 aliphatic rings. The minimum absolute atomic E-state index is 0.551. The number of benzene rings is 1. The molecule has 3 saturated heterocycles. The quantitative estimate of drug-likeness (QED) is 0.728. The van der Waals surface area contributed by atoms with Crippen molar-refractivity contribution >= 4 is 16.9 Å². The minimum Gasteiger partial charge on any atom is -0.353 e. The fourth-order valence-electron chi connectivity index (χ4n) is 4.53. The molecule has 3 aromatic rings. The van der Waals surface area contributed by atoms with Gasteiger partial charge in [0.05, 0.1) is 23.8 Å². The summed E-state index contributed by atoms with van der Waals surface area (Å²) in [7, 11) is 2.13. The number of fused-ring (bicyclic) bond motifs is 5. The summed E-state index contributed by atoms with van der Waals surface area (Å²) in [5.41, 5.74) is 2.30. The van der Waals surface area contributed by atoms with Crippen LogP contribution in [0.3, 0.4) is 0 Å². The number of anilines is 1. The molecule has 0 unspecified atom stereocenters. The number of nitrogens with zero attached hydrogens (tertiary/aromatic N) is 6. The Bertz CT molecular complexity index is 905. The molecule has 2 atom stereocenters. The van der Waals surface area contributed by atoms with Gasteiger partial charge in [-0.25, -0.2) is 9.97 Å². The van der Waals surface area contributed by atoms with Crippen molar-refractivity contribution in [3.8, 4) is 0 Å². The van der Waals surface area contributed by atoms with Crippen LogP contribution >= 0.6 is 0 Å². The highest BCUT2D eigenvalue weighted by atomic mass is 15.3. The van der Waals surface area contributed by atoms with Crippen molar-refractivity contribution < 1.29 is 0 Å². The Labute approximate surface area is 153 Å². The lowest BCUT2D eigenvalue weighted by Crippen LogP contribution is -2.43. The second-order valence-corrected chi connectivity index (χ2v) is 7.57. The first-order valence-electron chi connectivity index (χ1n) is 9.43. The predicted octanol–water partition coefficient (Wildman–Crippen LogP) is 2.46. The van der Waals surface area contributed by atoms with Crippen LogP contribution < -0.4 is 4.90 Å². The van der Waals surface area contributed by atoms with Gasteiger partial charge in [0.25, 0.3) is 0 Å². The van der Waals surface area contributed by atoms with Gasteiger partial charge in [0, 0.05) is 45.1 Å². The van der Waals surface area contributed by atoms with E-state index in [-0.39, 0.29) is 0 Å². The second-order valence-electron chi connectivity index (χ2n) is 7.57.